The van der Waals surface area contributed by atoms with E-state index in [0.717, 1.165) is 24.0 Å². The number of nitrogens with zero attached hydrogens (tertiary/aromatic N) is 6. The van der Waals surface area contributed by atoms with Crippen LogP contribution in [0.5, 0.6) is 0 Å². The molecule has 158 valence electrons. The highest BCUT2D eigenvalue weighted by Crippen LogP contribution is 2.40. The van der Waals surface area contributed by atoms with Gasteiger partial charge >= 0.3 is 12.5 Å². The summed E-state index contributed by atoms with van der Waals surface area (Å²) >= 11 is 0.915. The summed E-state index contributed by atoms with van der Waals surface area (Å²) in [5.41, 5.74) is -1.61. The van der Waals surface area contributed by atoms with Crippen LogP contribution in [0.4, 0.5) is 26.3 Å². The quantitative estimate of drug-likeness (QED) is 0.325. The average Bonchev–Trinajstić information content (AvgIpc) is 3.19. The molecule has 4 aromatic rings. The Morgan fingerprint density at radius 2 is 1.73 bits per heavy atom. The summed E-state index contributed by atoms with van der Waals surface area (Å²) in [5, 5.41) is -0.134. The molecule has 6 nitrogen and oxygen atoms in total. The van der Waals surface area contributed by atoms with Crippen molar-refractivity contribution < 1.29 is 26.3 Å². The number of imidazole rings is 2. The zero-order valence-electron chi connectivity index (χ0n) is 15.4. The number of aryl methyl sites for hydroxylation is 1. The fourth-order valence-corrected chi connectivity index (χ4v) is 3.89. The van der Waals surface area contributed by atoms with E-state index in [1.807, 2.05) is 0 Å². The molecule has 0 spiro atoms. The minimum absolute atomic E-state index is 0.0542. The Kier molecular flexibility index (Phi) is 4.67. The van der Waals surface area contributed by atoms with E-state index in [1.54, 1.807) is 6.92 Å². The summed E-state index contributed by atoms with van der Waals surface area (Å²) in [6.45, 7) is 3.19. The van der Waals surface area contributed by atoms with Gasteiger partial charge in [-0.15, -0.1) is 24.9 Å². The van der Waals surface area contributed by atoms with Crippen LogP contribution in [0.2, 0.25) is 0 Å². The molecule has 0 atom stereocenters. The molecule has 0 saturated carbocycles. The van der Waals surface area contributed by atoms with Crippen LogP contribution < -0.4 is 0 Å². The Bertz CT molecular complexity index is 1260. The van der Waals surface area contributed by atoms with Gasteiger partial charge in [0.15, 0.2) is 11.5 Å². The van der Waals surface area contributed by atoms with Crippen LogP contribution in [0.25, 0.3) is 28.5 Å². The minimum Gasteiger partial charge on any atom is -0.266 e. The van der Waals surface area contributed by atoms with E-state index in [2.05, 4.69) is 19.9 Å². The second kappa shape index (κ2) is 6.86. The van der Waals surface area contributed by atoms with Crippen molar-refractivity contribution in [1.29, 1.82) is 0 Å². The number of aromatic nitrogens is 6. The second-order valence-electron chi connectivity index (χ2n) is 6.20. The van der Waals surface area contributed by atoms with Crippen molar-refractivity contribution in [2.45, 2.75) is 31.3 Å². The van der Waals surface area contributed by atoms with E-state index < -0.39 is 29.6 Å². The van der Waals surface area contributed by atoms with E-state index in [4.69, 9.17) is 0 Å². The lowest BCUT2D eigenvalue weighted by molar-refractivity contribution is -0.200. The van der Waals surface area contributed by atoms with Crippen molar-refractivity contribution in [2.75, 3.05) is 5.75 Å². The third-order valence-electron chi connectivity index (χ3n) is 4.16. The van der Waals surface area contributed by atoms with Crippen LogP contribution in [-0.2, 0) is 12.5 Å². The molecule has 0 fully saturated rings. The Hall–Kier alpha value is -2.83. The van der Waals surface area contributed by atoms with Crippen LogP contribution in [0.1, 0.15) is 18.3 Å². The topological polar surface area (TPSA) is 60.9 Å². The second-order valence-corrected chi connectivity index (χ2v) is 7.45. The SMILES string of the molecule is CCSc1c(-c2nc3ccc(C)nc3n2C(F)(F)F)nc2nccc(C(F)(F)F)n12. The third-order valence-corrected chi connectivity index (χ3v) is 5.10. The molecular formula is C17H12F6N6S. The molecule has 0 bridgehead atoms. The van der Waals surface area contributed by atoms with Crippen molar-refractivity contribution in [1.82, 2.24) is 28.9 Å². The highest BCUT2D eigenvalue weighted by Gasteiger charge is 2.40. The number of halogens is 6. The predicted molar refractivity (Wildman–Crippen MR) is 96.9 cm³/mol. The first-order valence-corrected chi connectivity index (χ1v) is 9.52. The zero-order valence-corrected chi connectivity index (χ0v) is 16.2. The Morgan fingerprint density at radius 1 is 1.00 bits per heavy atom. The summed E-state index contributed by atoms with van der Waals surface area (Å²) in [7, 11) is 0. The first-order valence-electron chi connectivity index (χ1n) is 8.53. The van der Waals surface area contributed by atoms with Crippen LogP contribution in [0, 0.1) is 6.92 Å². The Morgan fingerprint density at radius 3 is 2.37 bits per heavy atom. The fourth-order valence-electron chi connectivity index (χ4n) is 3.03. The number of pyridine rings is 1. The predicted octanol–water partition coefficient (Wildman–Crippen LogP) is 5.06. The molecule has 13 heteroatoms. The molecule has 0 saturated heterocycles. The van der Waals surface area contributed by atoms with Crippen LogP contribution in [-0.4, -0.2) is 34.7 Å². The van der Waals surface area contributed by atoms with E-state index in [9.17, 15) is 26.3 Å². The van der Waals surface area contributed by atoms with Crippen molar-refractivity contribution >= 4 is 28.7 Å². The fraction of sp³-hybridized carbons (Fsp3) is 0.294. The van der Waals surface area contributed by atoms with Gasteiger partial charge in [-0.05, 0) is 30.9 Å². The van der Waals surface area contributed by atoms with Gasteiger partial charge in [0.25, 0.3) is 0 Å². The van der Waals surface area contributed by atoms with Crippen molar-refractivity contribution in [3.05, 3.63) is 35.8 Å². The molecule has 0 N–H and O–H groups in total. The largest absolute Gasteiger partial charge is 0.491 e. The Labute approximate surface area is 169 Å². The lowest BCUT2D eigenvalue weighted by Crippen LogP contribution is -2.19. The van der Waals surface area contributed by atoms with Crippen molar-refractivity contribution in [3.8, 4) is 11.5 Å². The van der Waals surface area contributed by atoms with Gasteiger partial charge in [-0.1, -0.05) is 6.92 Å². The number of thioether (sulfide) groups is 1. The first-order chi connectivity index (χ1) is 14.0. The molecule has 0 aromatic carbocycles. The maximum absolute atomic E-state index is 13.9. The van der Waals surface area contributed by atoms with Gasteiger partial charge in [-0.2, -0.15) is 13.2 Å². The maximum Gasteiger partial charge on any atom is 0.491 e. The first kappa shape index (κ1) is 20.4. The van der Waals surface area contributed by atoms with Gasteiger partial charge < -0.3 is 0 Å². The number of alkyl halides is 6. The summed E-state index contributed by atoms with van der Waals surface area (Å²) in [4.78, 5) is 15.7. The maximum atomic E-state index is 13.9. The molecule has 0 amide bonds. The molecule has 30 heavy (non-hydrogen) atoms. The normalized spacial score (nSPS) is 12.9. The summed E-state index contributed by atoms with van der Waals surface area (Å²) in [6.07, 6.45) is -8.77. The van der Waals surface area contributed by atoms with Gasteiger partial charge in [0.05, 0.1) is 0 Å². The van der Waals surface area contributed by atoms with Crippen molar-refractivity contribution in [2.24, 2.45) is 0 Å². The number of hydrogen-bond donors (Lipinski definition) is 0. The molecule has 0 aliphatic heterocycles. The van der Waals surface area contributed by atoms with Crippen LogP contribution in [0.3, 0.4) is 0 Å². The highest BCUT2D eigenvalue weighted by atomic mass is 32.2. The molecule has 0 aliphatic carbocycles. The number of hydrogen-bond acceptors (Lipinski definition) is 5. The number of rotatable bonds is 3. The molecule has 0 unspecified atom stereocenters. The zero-order chi connectivity index (χ0) is 21.8. The van der Waals surface area contributed by atoms with Gasteiger partial charge in [0, 0.05) is 11.9 Å². The van der Waals surface area contributed by atoms with E-state index in [1.165, 1.54) is 19.1 Å². The lowest BCUT2D eigenvalue weighted by Gasteiger charge is -2.13. The summed E-state index contributed by atoms with van der Waals surface area (Å²) in [6, 6.07) is 3.61. The van der Waals surface area contributed by atoms with Gasteiger partial charge in [-0.25, -0.2) is 24.5 Å². The van der Waals surface area contributed by atoms with Gasteiger partial charge in [-0.3, -0.25) is 4.40 Å². The molecule has 4 rings (SSSR count). The van der Waals surface area contributed by atoms with Crippen LogP contribution in [0.15, 0.2) is 29.4 Å². The van der Waals surface area contributed by atoms with Crippen LogP contribution >= 0.6 is 11.8 Å². The van der Waals surface area contributed by atoms with Gasteiger partial charge in [0.1, 0.15) is 21.9 Å². The van der Waals surface area contributed by atoms with Gasteiger partial charge in [0.2, 0.25) is 5.78 Å². The lowest BCUT2D eigenvalue weighted by atomic mass is 10.3. The highest BCUT2D eigenvalue weighted by molar-refractivity contribution is 7.99. The van der Waals surface area contributed by atoms with E-state index >= 15 is 0 Å². The molecule has 4 aromatic heterocycles. The molecule has 4 heterocycles. The minimum atomic E-state index is -4.92. The molecular weight excluding hydrogens is 434 g/mol. The van der Waals surface area contributed by atoms with Crippen molar-refractivity contribution in [3.63, 3.8) is 0 Å². The molecule has 0 radical (unpaired) electrons. The monoisotopic (exact) mass is 446 g/mol. The average molecular weight is 446 g/mol. The Balaban J connectivity index is 2.12. The number of fused-ring (bicyclic) bond motifs is 2. The summed E-state index contributed by atoms with van der Waals surface area (Å²) in [5.74, 6) is -0.734. The smallest absolute Gasteiger partial charge is 0.266 e. The molecule has 0 aliphatic rings. The van der Waals surface area contributed by atoms with E-state index in [0.29, 0.717) is 10.1 Å². The standard InChI is InChI=1S/C17H12F6N6S/c1-3-30-14-11(27-15-24-7-6-10(28(14)15)16(18,19)20)13-26-9-5-4-8(2)25-12(9)29(13)17(21,22)23/h4-7H,3H2,1-2H3. The van der Waals surface area contributed by atoms with E-state index in [-0.39, 0.29) is 32.3 Å². The summed E-state index contributed by atoms with van der Waals surface area (Å²) < 4.78 is 83.0. The third kappa shape index (κ3) is 3.26.